The summed E-state index contributed by atoms with van der Waals surface area (Å²) in [6.07, 6.45) is 6.29. The molecule has 1 unspecified atom stereocenters. The Kier molecular flexibility index (Phi) is 4.36. The van der Waals surface area contributed by atoms with E-state index < -0.39 is 0 Å². The molecule has 94 valence electrons. The van der Waals surface area contributed by atoms with E-state index in [0.717, 1.165) is 16.7 Å². The lowest BCUT2D eigenvalue weighted by Crippen LogP contribution is -2.07. The number of aromatic amines is 1. The molecule has 2 nitrogen and oxygen atoms in total. The Labute approximate surface area is 116 Å². The standard InChI is InChI=1S/C13H19BrN2S/c1-3-8(2)12-15-11(9-6-4-5-7-9)10(14)13(17)16-12/h8-9H,3-7H2,1-2H3,(H,15,16,17). The van der Waals surface area contributed by atoms with Crippen LogP contribution in [0.5, 0.6) is 0 Å². The zero-order chi connectivity index (χ0) is 12.4. The van der Waals surface area contributed by atoms with Crippen molar-refractivity contribution in [2.45, 2.75) is 57.8 Å². The third kappa shape index (κ3) is 2.79. The lowest BCUT2D eigenvalue weighted by Gasteiger charge is -2.16. The Bertz CT molecular complexity index is 449. The largest absolute Gasteiger partial charge is 0.346 e. The summed E-state index contributed by atoms with van der Waals surface area (Å²) >= 11 is 8.95. The molecule has 0 aromatic carbocycles. The van der Waals surface area contributed by atoms with E-state index in [-0.39, 0.29) is 0 Å². The van der Waals surface area contributed by atoms with Gasteiger partial charge in [0.05, 0.1) is 4.47 Å². The van der Waals surface area contributed by atoms with Gasteiger partial charge in [0, 0.05) is 17.5 Å². The number of hydrogen-bond donors (Lipinski definition) is 1. The Balaban J connectivity index is 2.42. The van der Waals surface area contributed by atoms with Crippen molar-refractivity contribution in [3.63, 3.8) is 0 Å². The fraction of sp³-hybridized carbons (Fsp3) is 0.692. The van der Waals surface area contributed by atoms with Crippen molar-refractivity contribution in [2.75, 3.05) is 0 Å². The molecule has 1 aromatic heterocycles. The van der Waals surface area contributed by atoms with Crippen molar-refractivity contribution in [3.05, 3.63) is 20.6 Å². The van der Waals surface area contributed by atoms with Gasteiger partial charge < -0.3 is 4.98 Å². The predicted octanol–water partition coefficient (Wildman–Crippen LogP) is 5.07. The summed E-state index contributed by atoms with van der Waals surface area (Å²) in [6.45, 7) is 4.38. The summed E-state index contributed by atoms with van der Waals surface area (Å²) < 4.78 is 1.72. The number of rotatable bonds is 3. The third-order valence-corrected chi connectivity index (χ3v) is 5.11. The van der Waals surface area contributed by atoms with Crippen LogP contribution >= 0.6 is 28.1 Å². The van der Waals surface area contributed by atoms with Crippen LogP contribution in [0.4, 0.5) is 0 Å². The number of halogens is 1. The summed E-state index contributed by atoms with van der Waals surface area (Å²) in [7, 11) is 0. The molecule has 1 N–H and O–H groups in total. The third-order valence-electron chi connectivity index (χ3n) is 3.75. The first-order valence-corrected chi connectivity index (χ1v) is 7.63. The van der Waals surface area contributed by atoms with Crippen molar-refractivity contribution in [2.24, 2.45) is 0 Å². The molecule has 0 bridgehead atoms. The van der Waals surface area contributed by atoms with Gasteiger partial charge >= 0.3 is 0 Å². The minimum Gasteiger partial charge on any atom is -0.346 e. The van der Waals surface area contributed by atoms with Gasteiger partial charge in [-0.1, -0.05) is 38.9 Å². The highest BCUT2D eigenvalue weighted by Gasteiger charge is 2.22. The van der Waals surface area contributed by atoms with E-state index in [0.29, 0.717) is 16.5 Å². The second-order valence-corrected chi connectivity index (χ2v) is 6.13. The molecule has 0 saturated heterocycles. The van der Waals surface area contributed by atoms with Gasteiger partial charge in [0.15, 0.2) is 0 Å². The quantitative estimate of drug-likeness (QED) is 0.789. The Hall–Kier alpha value is -0.220. The number of hydrogen-bond acceptors (Lipinski definition) is 2. The summed E-state index contributed by atoms with van der Waals surface area (Å²) in [5.41, 5.74) is 1.28. The predicted molar refractivity (Wildman–Crippen MR) is 77.0 cm³/mol. The minimum atomic E-state index is 0.449. The Morgan fingerprint density at radius 1 is 1.47 bits per heavy atom. The maximum absolute atomic E-state index is 5.35. The monoisotopic (exact) mass is 314 g/mol. The van der Waals surface area contributed by atoms with Crippen LogP contribution in [-0.4, -0.2) is 9.97 Å². The highest BCUT2D eigenvalue weighted by Crippen LogP contribution is 2.37. The molecule has 1 aliphatic carbocycles. The van der Waals surface area contributed by atoms with E-state index in [1.807, 2.05) is 0 Å². The van der Waals surface area contributed by atoms with Crippen molar-refractivity contribution in [1.82, 2.24) is 9.97 Å². The molecule has 0 aliphatic heterocycles. The smallest absolute Gasteiger partial charge is 0.144 e. The summed E-state index contributed by atoms with van der Waals surface area (Å²) in [6, 6.07) is 0. The van der Waals surface area contributed by atoms with Crippen LogP contribution in [0.15, 0.2) is 4.47 Å². The average molecular weight is 315 g/mol. The summed E-state index contributed by atoms with van der Waals surface area (Å²) in [4.78, 5) is 8.01. The molecular formula is C13H19BrN2S. The fourth-order valence-electron chi connectivity index (χ4n) is 2.42. The lowest BCUT2D eigenvalue weighted by molar-refractivity contribution is 0.634. The Morgan fingerprint density at radius 2 is 2.12 bits per heavy atom. The maximum Gasteiger partial charge on any atom is 0.144 e. The molecule has 17 heavy (non-hydrogen) atoms. The number of H-pyrrole nitrogens is 1. The van der Waals surface area contributed by atoms with Crippen LogP contribution in [0, 0.1) is 4.64 Å². The number of nitrogens with one attached hydrogen (secondary N) is 1. The molecule has 2 rings (SSSR count). The maximum atomic E-state index is 5.35. The first kappa shape index (κ1) is 13.2. The van der Waals surface area contributed by atoms with Crippen LogP contribution in [0.25, 0.3) is 0 Å². The highest BCUT2D eigenvalue weighted by molar-refractivity contribution is 9.10. The van der Waals surface area contributed by atoms with Gasteiger partial charge in [-0.25, -0.2) is 4.98 Å². The minimum absolute atomic E-state index is 0.449. The zero-order valence-electron chi connectivity index (χ0n) is 10.4. The highest BCUT2D eigenvalue weighted by atomic mass is 79.9. The first-order chi connectivity index (χ1) is 8.13. The van der Waals surface area contributed by atoms with E-state index >= 15 is 0 Å². The number of nitrogens with zero attached hydrogens (tertiary/aromatic N) is 1. The van der Waals surface area contributed by atoms with E-state index in [2.05, 4.69) is 39.7 Å². The molecule has 1 fully saturated rings. The van der Waals surface area contributed by atoms with Crippen molar-refractivity contribution in [1.29, 1.82) is 0 Å². The van der Waals surface area contributed by atoms with Crippen molar-refractivity contribution >= 4 is 28.1 Å². The van der Waals surface area contributed by atoms with Gasteiger partial charge in [0.1, 0.15) is 10.5 Å². The van der Waals surface area contributed by atoms with Gasteiger partial charge in [0.25, 0.3) is 0 Å². The molecule has 0 amide bonds. The molecule has 1 aromatic rings. The second-order valence-electron chi connectivity index (χ2n) is 4.95. The van der Waals surface area contributed by atoms with E-state index in [9.17, 15) is 0 Å². The first-order valence-electron chi connectivity index (χ1n) is 6.43. The van der Waals surface area contributed by atoms with Gasteiger partial charge in [-0.15, -0.1) is 0 Å². The van der Waals surface area contributed by atoms with Gasteiger partial charge in [-0.3, -0.25) is 0 Å². The Morgan fingerprint density at radius 3 is 2.71 bits per heavy atom. The molecule has 0 radical (unpaired) electrons. The molecule has 1 atom stereocenters. The van der Waals surface area contributed by atoms with E-state index in [1.165, 1.54) is 31.4 Å². The summed E-state index contributed by atoms with van der Waals surface area (Å²) in [5.74, 6) is 2.13. The second kappa shape index (κ2) is 5.61. The molecule has 1 aliphatic rings. The van der Waals surface area contributed by atoms with Crippen molar-refractivity contribution in [3.8, 4) is 0 Å². The zero-order valence-corrected chi connectivity index (χ0v) is 12.8. The molecular weight excluding hydrogens is 296 g/mol. The topological polar surface area (TPSA) is 28.7 Å². The SMILES string of the molecule is CCC(C)c1nc(=S)c(Br)c(C2CCCC2)[nH]1. The fourth-order valence-corrected chi connectivity index (χ4v) is 3.14. The van der Waals surface area contributed by atoms with Crippen LogP contribution in [0.1, 0.15) is 69.3 Å². The number of aromatic nitrogens is 2. The van der Waals surface area contributed by atoms with Crippen LogP contribution in [-0.2, 0) is 0 Å². The average Bonchev–Trinajstić information content (AvgIpc) is 2.85. The van der Waals surface area contributed by atoms with Gasteiger partial charge in [0.2, 0.25) is 0 Å². The molecule has 1 saturated carbocycles. The van der Waals surface area contributed by atoms with Gasteiger partial charge in [-0.2, -0.15) is 0 Å². The van der Waals surface area contributed by atoms with Crippen LogP contribution in [0.3, 0.4) is 0 Å². The van der Waals surface area contributed by atoms with Crippen LogP contribution < -0.4 is 0 Å². The lowest BCUT2D eigenvalue weighted by atomic mass is 10.0. The summed E-state index contributed by atoms with van der Waals surface area (Å²) in [5, 5.41) is 0. The van der Waals surface area contributed by atoms with Gasteiger partial charge in [-0.05, 0) is 35.2 Å². The molecule has 4 heteroatoms. The van der Waals surface area contributed by atoms with Crippen molar-refractivity contribution < 1.29 is 0 Å². The van der Waals surface area contributed by atoms with E-state index in [4.69, 9.17) is 12.2 Å². The molecule has 1 heterocycles. The van der Waals surface area contributed by atoms with Crippen LogP contribution in [0.2, 0.25) is 0 Å². The normalized spacial score (nSPS) is 18.5. The van der Waals surface area contributed by atoms with E-state index in [1.54, 1.807) is 0 Å². The molecule has 0 spiro atoms.